The quantitative estimate of drug-likeness (QED) is 0.196. The number of hydrogen-bond donors (Lipinski definition) is 0. The molecule has 0 atom stereocenters. The summed E-state index contributed by atoms with van der Waals surface area (Å²) in [6, 6.07) is 13.8. The standard InChI is InChI=1S/C37H54O3/c1-5-9-15-29-19-21-33(31(27-29)17-11-7-3)36(23-13-24-36)39-35(38)40-37(25-14-26-37)34-22-20-30(16-10-6-2)28-32(34)18-12-8-4/h19-22,27-28H,5-18,23-26H2,1-4H3. The molecule has 0 heterocycles. The molecule has 0 spiro atoms. The summed E-state index contributed by atoms with van der Waals surface area (Å²) in [5.74, 6) is 0. The molecule has 40 heavy (non-hydrogen) atoms. The average Bonchev–Trinajstić information content (AvgIpc) is 2.92. The molecule has 2 aliphatic rings. The van der Waals surface area contributed by atoms with Crippen LogP contribution in [0.25, 0.3) is 0 Å². The van der Waals surface area contributed by atoms with E-state index < -0.39 is 17.4 Å². The molecule has 220 valence electrons. The molecule has 4 rings (SSSR count). The van der Waals surface area contributed by atoms with E-state index >= 15 is 0 Å². The molecule has 3 heteroatoms. The highest BCUT2D eigenvalue weighted by Crippen LogP contribution is 2.50. The highest BCUT2D eigenvalue weighted by Gasteiger charge is 2.48. The van der Waals surface area contributed by atoms with Gasteiger partial charge in [0.05, 0.1) is 0 Å². The van der Waals surface area contributed by atoms with Crippen LogP contribution in [-0.4, -0.2) is 6.16 Å². The van der Waals surface area contributed by atoms with E-state index in [1.807, 2.05) is 0 Å². The third kappa shape index (κ3) is 7.12. The van der Waals surface area contributed by atoms with Gasteiger partial charge >= 0.3 is 6.16 Å². The zero-order valence-electron chi connectivity index (χ0n) is 25.9. The predicted molar refractivity (Wildman–Crippen MR) is 166 cm³/mol. The summed E-state index contributed by atoms with van der Waals surface area (Å²) in [6.45, 7) is 8.99. The summed E-state index contributed by atoms with van der Waals surface area (Å²) in [5.41, 5.74) is 6.91. The minimum Gasteiger partial charge on any atom is -0.423 e. The first-order valence-corrected chi connectivity index (χ1v) is 16.7. The molecule has 2 aromatic carbocycles. The van der Waals surface area contributed by atoms with E-state index in [0.29, 0.717) is 0 Å². The largest absolute Gasteiger partial charge is 0.510 e. The molecule has 0 N–H and O–H groups in total. The minimum absolute atomic E-state index is 0.479. The summed E-state index contributed by atoms with van der Waals surface area (Å²) in [5, 5.41) is 0. The minimum atomic E-state index is -0.538. The van der Waals surface area contributed by atoms with E-state index in [-0.39, 0.29) is 0 Å². The molecule has 2 aromatic rings. The van der Waals surface area contributed by atoms with Crippen molar-refractivity contribution in [2.45, 2.75) is 154 Å². The highest BCUT2D eigenvalue weighted by molar-refractivity contribution is 5.63. The smallest absolute Gasteiger partial charge is 0.423 e. The average molecular weight is 547 g/mol. The first-order valence-electron chi connectivity index (χ1n) is 16.7. The molecule has 3 nitrogen and oxygen atoms in total. The van der Waals surface area contributed by atoms with E-state index in [2.05, 4.69) is 64.1 Å². The number of ether oxygens (including phenoxy) is 2. The molecule has 0 radical (unpaired) electrons. The highest BCUT2D eigenvalue weighted by atomic mass is 16.7. The van der Waals surface area contributed by atoms with Crippen molar-refractivity contribution < 1.29 is 14.3 Å². The molecule has 0 aliphatic heterocycles. The number of rotatable bonds is 16. The van der Waals surface area contributed by atoms with Crippen molar-refractivity contribution in [3.63, 3.8) is 0 Å². The Kier molecular flexibility index (Phi) is 11.2. The molecule has 0 unspecified atom stereocenters. The van der Waals surface area contributed by atoms with Gasteiger partial charge in [0.2, 0.25) is 0 Å². The lowest BCUT2D eigenvalue weighted by Crippen LogP contribution is -2.45. The second kappa shape index (κ2) is 14.6. The fourth-order valence-electron chi connectivity index (χ4n) is 6.59. The van der Waals surface area contributed by atoms with E-state index in [1.165, 1.54) is 59.1 Å². The van der Waals surface area contributed by atoms with E-state index in [1.54, 1.807) is 0 Å². The van der Waals surface area contributed by atoms with Crippen molar-refractivity contribution in [2.75, 3.05) is 0 Å². The second-order valence-electron chi connectivity index (χ2n) is 12.5. The van der Waals surface area contributed by atoms with Crippen molar-refractivity contribution >= 4 is 6.16 Å². The topological polar surface area (TPSA) is 35.5 Å². The molecule has 0 saturated heterocycles. The Balaban J connectivity index is 1.56. The van der Waals surface area contributed by atoms with Crippen molar-refractivity contribution in [3.05, 3.63) is 69.8 Å². The molecule has 0 bridgehead atoms. The summed E-state index contributed by atoms with van der Waals surface area (Å²) >= 11 is 0. The molecule has 2 aliphatic carbocycles. The maximum atomic E-state index is 13.6. The van der Waals surface area contributed by atoms with Gasteiger partial charge < -0.3 is 9.47 Å². The Morgan fingerprint density at radius 2 is 0.975 bits per heavy atom. The summed E-state index contributed by atoms with van der Waals surface area (Å²) in [7, 11) is 0. The van der Waals surface area contributed by atoms with Crippen LogP contribution in [-0.2, 0) is 46.4 Å². The number of aryl methyl sites for hydroxylation is 4. The lowest BCUT2D eigenvalue weighted by molar-refractivity contribution is -0.136. The Labute approximate surface area is 244 Å². The van der Waals surface area contributed by atoms with E-state index in [0.717, 1.165) is 89.9 Å². The zero-order valence-corrected chi connectivity index (χ0v) is 25.9. The van der Waals surface area contributed by atoms with E-state index in [4.69, 9.17) is 9.47 Å². The van der Waals surface area contributed by atoms with Gasteiger partial charge in [-0.3, -0.25) is 0 Å². The van der Waals surface area contributed by atoms with Gasteiger partial charge in [0.15, 0.2) is 0 Å². The maximum Gasteiger partial charge on any atom is 0.510 e. The van der Waals surface area contributed by atoms with Crippen LogP contribution in [0.2, 0.25) is 0 Å². The van der Waals surface area contributed by atoms with Crippen molar-refractivity contribution in [1.82, 2.24) is 0 Å². The lowest BCUT2D eigenvalue weighted by Gasteiger charge is -2.45. The molecule has 0 aromatic heterocycles. The van der Waals surface area contributed by atoms with Crippen LogP contribution in [0, 0.1) is 0 Å². The van der Waals surface area contributed by atoms with Crippen molar-refractivity contribution in [3.8, 4) is 0 Å². The Hall–Kier alpha value is -2.29. The first-order chi connectivity index (χ1) is 19.5. The number of unbranched alkanes of at least 4 members (excludes halogenated alkanes) is 4. The van der Waals surface area contributed by atoms with Gasteiger partial charge in [-0.05, 0) is 123 Å². The van der Waals surface area contributed by atoms with Crippen LogP contribution in [0.15, 0.2) is 36.4 Å². The number of hydrogen-bond acceptors (Lipinski definition) is 3. The summed E-state index contributed by atoms with van der Waals surface area (Å²) in [4.78, 5) is 13.6. The number of carbonyl (C=O) groups excluding carboxylic acids is 1. The number of carbonyl (C=O) groups is 1. The molecule has 2 fully saturated rings. The Bertz CT molecular complexity index is 1010. The summed E-state index contributed by atoms with van der Waals surface area (Å²) in [6.07, 6.45) is 19.0. The third-order valence-electron chi connectivity index (χ3n) is 9.44. The normalized spacial score (nSPS) is 17.1. The molecule has 0 amide bonds. The fourth-order valence-corrected chi connectivity index (χ4v) is 6.59. The Morgan fingerprint density at radius 3 is 1.30 bits per heavy atom. The second-order valence-corrected chi connectivity index (χ2v) is 12.5. The SMILES string of the molecule is CCCCc1ccc(C2(OC(=O)OC3(c4ccc(CCCC)cc4CCCC)CCC3)CCC2)c(CCCC)c1. The lowest BCUT2D eigenvalue weighted by atomic mass is 9.72. The van der Waals surface area contributed by atoms with Crippen LogP contribution >= 0.6 is 0 Å². The van der Waals surface area contributed by atoms with Crippen LogP contribution in [0.5, 0.6) is 0 Å². The maximum absolute atomic E-state index is 13.6. The Morgan fingerprint density at radius 1 is 0.600 bits per heavy atom. The van der Waals surface area contributed by atoms with Crippen molar-refractivity contribution in [2.24, 2.45) is 0 Å². The summed E-state index contributed by atoms with van der Waals surface area (Å²) < 4.78 is 12.8. The van der Waals surface area contributed by atoms with E-state index in [9.17, 15) is 4.79 Å². The van der Waals surface area contributed by atoms with Gasteiger partial charge in [0.1, 0.15) is 11.2 Å². The zero-order chi connectivity index (χ0) is 28.4. The van der Waals surface area contributed by atoms with Crippen LogP contribution in [0.1, 0.15) is 151 Å². The monoisotopic (exact) mass is 546 g/mol. The van der Waals surface area contributed by atoms with Gasteiger partial charge in [-0.25, -0.2) is 4.79 Å². The van der Waals surface area contributed by atoms with Gasteiger partial charge in [-0.2, -0.15) is 0 Å². The van der Waals surface area contributed by atoms with Gasteiger partial charge in [0.25, 0.3) is 0 Å². The first kappa shape index (κ1) is 30.7. The van der Waals surface area contributed by atoms with Gasteiger partial charge in [0, 0.05) is 0 Å². The predicted octanol–water partition coefficient (Wildman–Crippen LogP) is 10.7. The van der Waals surface area contributed by atoms with Crippen LogP contribution in [0.4, 0.5) is 4.79 Å². The molecular formula is C37H54O3. The van der Waals surface area contributed by atoms with Crippen molar-refractivity contribution in [1.29, 1.82) is 0 Å². The van der Waals surface area contributed by atoms with Crippen LogP contribution in [0.3, 0.4) is 0 Å². The number of benzene rings is 2. The molecular weight excluding hydrogens is 492 g/mol. The van der Waals surface area contributed by atoms with Gasteiger partial charge in [-0.15, -0.1) is 0 Å². The van der Waals surface area contributed by atoms with Gasteiger partial charge in [-0.1, -0.05) is 89.8 Å². The fraction of sp³-hybridized carbons (Fsp3) is 0.649. The third-order valence-corrected chi connectivity index (χ3v) is 9.44. The van der Waals surface area contributed by atoms with Crippen LogP contribution < -0.4 is 0 Å². The molecule has 2 saturated carbocycles.